The number of fused-ring (bicyclic) bond motifs is 1. The van der Waals surface area contributed by atoms with Gasteiger partial charge in [0.05, 0.1) is 0 Å². The van der Waals surface area contributed by atoms with E-state index in [0.717, 1.165) is 29.7 Å². The average Bonchev–Trinajstić information content (AvgIpc) is 2.50. The zero-order chi connectivity index (χ0) is 13.8. The smallest absolute Gasteiger partial charge is 0.0422 e. The molecule has 2 aromatic rings. The molecule has 1 nitrogen and oxygen atoms in total. The van der Waals surface area contributed by atoms with Gasteiger partial charge in [-0.3, -0.25) is 0 Å². The van der Waals surface area contributed by atoms with Gasteiger partial charge in [-0.2, -0.15) is 0 Å². The first-order valence-electron chi connectivity index (χ1n) is 8.61. The Morgan fingerprint density at radius 3 is 2.14 bits per heavy atom. The number of benzene rings is 2. The summed E-state index contributed by atoms with van der Waals surface area (Å²) in [4.78, 5) is 0. The zero-order valence-corrected chi connectivity index (χ0v) is 12.5. The van der Waals surface area contributed by atoms with Crippen LogP contribution in [0.4, 0.5) is 5.69 Å². The predicted molar refractivity (Wildman–Crippen MR) is 88.4 cm³/mol. The maximum absolute atomic E-state index is 3.97. The van der Waals surface area contributed by atoms with Gasteiger partial charge in [0.1, 0.15) is 0 Å². The van der Waals surface area contributed by atoms with Crippen LogP contribution in [0.3, 0.4) is 0 Å². The Balaban J connectivity index is 1.49. The summed E-state index contributed by atoms with van der Waals surface area (Å²) in [7, 11) is 0. The molecule has 21 heavy (non-hydrogen) atoms. The molecule has 4 aliphatic rings. The molecule has 0 saturated heterocycles. The molecule has 4 fully saturated rings. The lowest BCUT2D eigenvalue weighted by molar-refractivity contribution is 0.00758. The van der Waals surface area contributed by atoms with Gasteiger partial charge < -0.3 is 5.32 Å². The van der Waals surface area contributed by atoms with E-state index in [0.29, 0.717) is 0 Å². The van der Waals surface area contributed by atoms with Crippen molar-refractivity contribution in [2.24, 2.45) is 23.7 Å². The van der Waals surface area contributed by atoms with Crippen LogP contribution in [0.1, 0.15) is 32.1 Å². The lowest BCUT2D eigenvalue weighted by Crippen LogP contribution is -2.51. The van der Waals surface area contributed by atoms with E-state index in [1.165, 1.54) is 48.6 Å². The maximum Gasteiger partial charge on any atom is 0.0422 e. The SMILES string of the molecule is c1ccc2c(NC3C4CC5CC(C4)CC3C5)cccc2c1. The molecule has 0 atom stereocenters. The van der Waals surface area contributed by atoms with Gasteiger partial charge in [-0.15, -0.1) is 0 Å². The molecule has 4 bridgehead atoms. The second-order valence-electron chi connectivity index (χ2n) is 7.63. The Morgan fingerprint density at radius 2 is 1.38 bits per heavy atom. The fraction of sp³-hybridized carbons (Fsp3) is 0.500. The van der Waals surface area contributed by atoms with Crippen molar-refractivity contribution in [1.82, 2.24) is 0 Å². The average molecular weight is 277 g/mol. The van der Waals surface area contributed by atoms with Gasteiger partial charge in [-0.1, -0.05) is 36.4 Å². The summed E-state index contributed by atoms with van der Waals surface area (Å²) in [6.45, 7) is 0. The summed E-state index contributed by atoms with van der Waals surface area (Å²) in [5, 5.41) is 6.70. The first kappa shape index (κ1) is 12.1. The van der Waals surface area contributed by atoms with E-state index in [1.54, 1.807) is 0 Å². The molecule has 0 heterocycles. The molecule has 0 unspecified atom stereocenters. The van der Waals surface area contributed by atoms with Crippen LogP contribution in [0.15, 0.2) is 42.5 Å². The van der Waals surface area contributed by atoms with E-state index in [9.17, 15) is 0 Å². The third-order valence-electron chi connectivity index (χ3n) is 6.34. The van der Waals surface area contributed by atoms with Crippen molar-refractivity contribution >= 4 is 16.5 Å². The van der Waals surface area contributed by atoms with Crippen molar-refractivity contribution in [2.45, 2.75) is 38.1 Å². The number of anilines is 1. The third-order valence-corrected chi connectivity index (χ3v) is 6.34. The van der Waals surface area contributed by atoms with E-state index in [2.05, 4.69) is 47.8 Å². The second-order valence-corrected chi connectivity index (χ2v) is 7.63. The minimum absolute atomic E-state index is 0.726. The third kappa shape index (κ3) is 1.90. The van der Waals surface area contributed by atoms with E-state index in [1.807, 2.05) is 0 Å². The molecular formula is C20H23N. The quantitative estimate of drug-likeness (QED) is 0.807. The van der Waals surface area contributed by atoms with E-state index in [4.69, 9.17) is 0 Å². The number of hydrogen-bond acceptors (Lipinski definition) is 1. The minimum atomic E-state index is 0.726. The van der Waals surface area contributed by atoms with Crippen molar-refractivity contribution in [2.75, 3.05) is 5.32 Å². The van der Waals surface area contributed by atoms with Crippen molar-refractivity contribution in [3.8, 4) is 0 Å². The first-order valence-corrected chi connectivity index (χ1v) is 8.61. The van der Waals surface area contributed by atoms with Crippen molar-refractivity contribution in [3.63, 3.8) is 0 Å². The van der Waals surface area contributed by atoms with Gasteiger partial charge in [-0.05, 0) is 67.2 Å². The lowest BCUT2D eigenvalue weighted by atomic mass is 9.54. The second kappa shape index (κ2) is 4.50. The molecule has 0 aromatic heterocycles. The monoisotopic (exact) mass is 277 g/mol. The standard InChI is InChI=1S/C20H23N/c1-2-6-18-15(4-1)5-3-7-19(18)21-20-16-9-13-8-14(11-16)12-17(20)10-13/h1-7,13-14,16-17,20-21H,8-12H2. The fourth-order valence-corrected chi connectivity index (χ4v) is 5.69. The van der Waals surface area contributed by atoms with Crippen molar-refractivity contribution in [3.05, 3.63) is 42.5 Å². The van der Waals surface area contributed by atoms with Gasteiger partial charge in [0.25, 0.3) is 0 Å². The van der Waals surface area contributed by atoms with E-state index < -0.39 is 0 Å². The molecular weight excluding hydrogens is 254 g/mol. The molecule has 0 aliphatic heterocycles. The highest BCUT2D eigenvalue weighted by Gasteiger charge is 2.48. The Kier molecular flexibility index (Phi) is 2.59. The zero-order valence-electron chi connectivity index (χ0n) is 12.5. The summed E-state index contributed by atoms with van der Waals surface area (Å²) in [5.74, 6) is 3.97. The van der Waals surface area contributed by atoms with Crippen LogP contribution in [0, 0.1) is 23.7 Å². The van der Waals surface area contributed by atoms with E-state index in [-0.39, 0.29) is 0 Å². The van der Waals surface area contributed by atoms with Crippen LogP contribution in [-0.4, -0.2) is 6.04 Å². The molecule has 0 radical (unpaired) electrons. The molecule has 108 valence electrons. The highest BCUT2D eigenvalue weighted by Crippen LogP contribution is 2.54. The highest BCUT2D eigenvalue weighted by molar-refractivity contribution is 5.93. The van der Waals surface area contributed by atoms with Crippen molar-refractivity contribution < 1.29 is 0 Å². The minimum Gasteiger partial charge on any atom is -0.381 e. The van der Waals surface area contributed by atoms with Crippen LogP contribution in [-0.2, 0) is 0 Å². The van der Waals surface area contributed by atoms with Gasteiger partial charge in [0.15, 0.2) is 0 Å². The van der Waals surface area contributed by atoms with Crippen molar-refractivity contribution in [1.29, 1.82) is 0 Å². The van der Waals surface area contributed by atoms with Crippen LogP contribution >= 0.6 is 0 Å². The Labute approximate surface area is 126 Å². The Morgan fingerprint density at radius 1 is 0.714 bits per heavy atom. The largest absolute Gasteiger partial charge is 0.381 e. The van der Waals surface area contributed by atoms with Crippen LogP contribution in [0.5, 0.6) is 0 Å². The highest BCUT2D eigenvalue weighted by atomic mass is 15.0. The molecule has 6 rings (SSSR count). The van der Waals surface area contributed by atoms with Gasteiger partial charge >= 0.3 is 0 Å². The van der Waals surface area contributed by atoms with Gasteiger partial charge in [0.2, 0.25) is 0 Å². The lowest BCUT2D eigenvalue weighted by Gasteiger charge is -2.54. The molecule has 2 aromatic carbocycles. The predicted octanol–water partition coefficient (Wildman–Crippen LogP) is 5.08. The molecule has 0 amide bonds. The van der Waals surface area contributed by atoms with Gasteiger partial charge in [-0.25, -0.2) is 0 Å². The molecule has 1 N–H and O–H groups in total. The molecule has 4 saturated carbocycles. The number of rotatable bonds is 2. The van der Waals surface area contributed by atoms with Gasteiger partial charge in [0, 0.05) is 17.1 Å². The summed E-state index contributed by atoms with van der Waals surface area (Å²) >= 11 is 0. The summed E-state index contributed by atoms with van der Waals surface area (Å²) < 4.78 is 0. The van der Waals surface area contributed by atoms with Crippen LogP contribution in [0.25, 0.3) is 10.8 Å². The number of nitrogens with one attached hydrogen (secondary N) is 1. The molecule has 4 aliphatic carbocycles. The summed E-state index contributed by atoms with van der Waals surface area (Å²) in [5.41, 5.74) is 1.35. The number of hydrogen-bond donors (Lipinski definition) is 1. The normalized spacial score (nSPS) is 37.0. The van der Waals surface area contributed by atoms with Crippen LogP contribution in [0.2, 0.25) is 0 Å². The van der Waals surface area contributed by atoms with Crippen LogP contribution < -0.4 is 5.32 Å². The molecule has 0 spiro atoms. The van der Waals surface area contributed by atoms with E-state index >= 15 is 0 Å². The maximum atomic E-state index is 3.97. The molecule has 1 heteroatoms. The Hall–Kier alpha value is -1.50. The summed E-state index contributed by atoms with van der Waals surface area (Å²) in [6.07, 6.45) is 7.46. The fourth-order valence-electron chi connectivity index (χ4n) is 5.69. The Bertz CT molecular complexity index is 641. The topological polar surface area (TPSA) is 12.0 Å². The first-order chi connectivity index (χ1) is 10.4. The summed E-state index contributed by atoms with van der Waals surface area (Å²) in [6, 6.07) is 16.2.